The van der Waals surface area contributed by atoms with E-state index >= 15 is 0 Å². The van der Waals surface area contributed by atoms with Crippen molar-refractivity contribution in [1.29, 1.82) is 0 Å². The van der Waals surface area contributed by atoms with Gasteiger partial charge in [-0.3, -0.25) is 14.4 Å². The van der Waals surface area contributed by atoms with Gasteiger partial charge in [0.15, 0.2) is 6.10 Å². The van der Waals surface area contributed by atoms with Gasteiger partial charge in [0.2, 0.25) is 0 Å². The van der Waals surface area contributed by atoms with E-state index in [1.807, 2.05) is 0 Å². The average Bonchev–Trinajstić information content (AvgIpc) is 3.25. The molecule has 0 spiro atoms. The molecule has 374 valence electrons. The molecule has 0 rings (SSSR count). The number of carbonyl (C=O) groups is 3. The molecule has 0 aromatic carbocycles. The maximum Gasteiger partial charge on any atom is 0.306 e. The minimum atomic E-state index is -0.763. The summed E-state index contributed by atoms with van der Waals surface area (Å²) in [6.07, 6.45) is 49.6. The van der Waals surface area contributed by atoms with E-state index in [-0.39, 0.29) is 31.1 Å². The molecule has 0 saturated carbocycles. The summed E-state index contributed by atoms with van der Waals surface area (Å²) in [7, 11) is 0. The number of rotatable bonds is 50. The maximum atomic E-state index is 12.8. The van der Waals surface area contributed by atoms with E-state index < -0.39 is 6.10 Å². The van der Waals surface area contributed by atoms with Crippen LogP contribution < -0.4 is 0 Å². The van der Waals surface area contributed by atoms with Crippen molar-refractivity contribution in [3.63, 3.8) is 0 Å². The second-order valence-corrected chi connectivity index (χ2v) is 20.8. The Bertz CT molecular complexity index is 978. The molecule has 0 bridgehead atoms. The molecule has 0 aromatic rings. The van der Waals surface area contributed by atoms with Crippen LogP contribution in [0.2, 0.25) is 0 Å². The minimum absolute atomic E-state index is 0.0648. The van der Waals surface area contributed by atoms with Crippen LogP contribution in [-0.4, -0.2) is 37.2 Å². The normalized spacial score (nSPS) is 12.6. The largest absolute Gasteiger partial charge is 0.462 e. The van der Waals surface area contributed by atoms with Crippen LogP contribution in [0, 0.1) is 17.8 Å². The Kier molecular flexibility index (Phi) is 47.1. The Morgan fingerprint density at radius 2 is 0.556 bits per heavy atom. The van der Waals surface area contributed by atoms with Gasteiger partial charge >= 0.3 is 17.9 Å². The minimum Gasteiger partial charge on any atom is -0.462 e. The van der Waals surface area contributed by atoms with E-state index in [1.54, 1.807) is 0 Å². The summed E-state index contributed by atoms with van der Waals surface area (Å²) in [5.41, 5.74) is 0. The SMILES string of the molecule is CCC(C)CCCCCCCCCCCCCCCCCCCCC(=O)O[C@@H](COC(=O)CCCCCCCCCCCC(C)C)COC(=O)CCCCCCCCCCC(C)C. The van der Waals surface area contributed by atoms with Gasteiger partial charge in [-0.05, 0) is 37.0 Å². The third-order valence-corrected chi connectivity index (χ3v) is 13.3. The molecule has 0 aliphatic rings. The van der Waals surface area contributed by atoms with E-state index in [0.29, 0.717) is 19.3 Å². The lowest BCUT2D eigenvalue weighted by atomic mass is 9.99. The first-order valence-corrected chi connectivity index (χ1v) is 28.1. The fourth-order valence-electron chi connectivity index (χ4n) is 8.61. The second-order valence-electron chi connectivity index (χ2n) is 20.8. The highest BCUT2D eigenvalue weighted by atomic mass is 16.6. The third-order valence-electron chi connectivity index (χ3n) is 13.3. The Labute approximate surface area is 393 Å². The summed E-state index contributed by atoms with van der Waals surface area (Å²) in [6.45, 7) is 13.7. The van der Waals surface area contributed by atoms with Crippen molar-refractivity contribution in [2.45, 2.75) is 317 Å². The summed E-state index contributed by atoms with van der Waals surface area (Å²) in [4.78, 5) is 38.0. The number of carbonyl (C=O) groups excluding carboxylic acids is 3. The summed E-state index contributed by atoms with van der Waals surface area (Å²) in [5, 5.41) is 0. The maximum absolute atomic E-state index is 12.8. The first-order valence-electron chi connectivity index (χ1n) is 28.1. The van der Waals surface area contributed by atoms with Gasteiger partial charge in [-0.2, -0.15) is 0 Å². The van der Waals surface area contributed by atoms with Crippen LogP contribution in [0.15, 0.2) is 0 Å². The smallest absolute Gasteiger partial charge is 0.306 e. The van der Waals surface area contributed by atoms with Crippen molar-refractivity contribution in [1.82, 2.24) is 0 Å². The number of hydrogen-bond acceptors (Lipinski definition) is 6. The van der Waals surface area contributed by atoms with Gasteiger partial charge in [0.1, 0.15) is 13.2 Å². The molecule has 6 heteroatoms. The van der Waals surface area contributed by atoms with E-state index in [9.17, 15) is 14.4 Å². The van der Waals surface area contributed by atoms with Crippen molar-refractivity contribution < 1.29 is 28.6 Å². The monoisotopic (exact) mass is 891 g/mol. The molecule has 0 aliphatic carbocycles. The molecule has 0 amide bonds. The summed E-state index contributed by atoms with van der Waals surface area (Å²) >= 11 is 0. The number of hydrogen-bond donors (Lipinski definition) is 0. The zero-order valence-electron chi connectivity index (χ0n) is 43.4. The van der Waals surface area contributed by atoms with Crippen molar-refractivity contribution in [3.8, 4) is 0 Å². The zero-order chi connectivity index (χ0) is 46.3. The molecule has 63 heavy (non-hydrogen) atoms. The van der Waals surface area contributed by atoms with E-state index in [2.05, 4.69) is 41.5 Å². The first-order chi connectivity index (χ1) is 30.6. The van der Waals surface area contributed by atoms with Crippen LogP contribution in [0.3, 0.4) is 0 Å². The lowest BCUT2D eigenvalue weighted by Crippen LogP contribution is -2.30. The van der Waals surface area contributed by atoms with Crippen LogP contribution in [0.1, 0.15) is 311 Å². The number of unbranched alkanes of at least 4 members (excludes halogenated alkanes) is 32. The van der Waals surface area contributed by atoms with Crippen LogP contribution in [-0.2, 0) is 28.6 Å². The Balaban J connectivity index is 4.22. The molecule has 2 atom stereocenters. The first kappa shape index (κ1) is 61.4. The molecule has 0 heterocycles. The molecular formula is C57H110O6. The fraction of sp³-hybridized carbons (Fsp3) is 0.947. The van der Waals surface area contributed by atoms with Gasteiger partial charge in [0, 0.05) is 19.3 Å². The highest BCUT2D eigenvalue weighted by molar-refractivity contribution is 5.71. The van der Waals surface area contributed by atoms with Gasteiger partial charge in [-0.25, -0.2) is 0 Å². The summed E-state index contributed by atoms with van der Waals surface area (Å²) in [6, 6.07) is 0. The van der Waals surface area contributed by atoms with E-state index in [0.717, 1.165) is 75.5 Å². The molecule has 0 radical (unpaired) electrons. The highest BCUT2D eigenvalue weighted by Crippen LogP contribution is 2.19. The topological polar surface area (TPSA) is 78.9 Å². The van der Waals surface area contributed by atoms with Crippen molar-refractivity contribution in [3.05, 3.63) is 0 Å². The van der Waals surface area contributed by atoms with Crippen LogP contribution >= 0.6 is 0 Å². The quantitative estimate of drug-likeness (QED) is 0.0344. The van der Waals surface area contributed by atoms with Gasteiger partial charge in [0.05, 0.1) is 0 Å². The average molecular weight is 892 g/mol. The van der Waals surface area contributed by atoms with E-state index in [4.69, 9.17) is 14.2 Å². The van der Waals surface area contributed by atoms with Gasteiger partial charge < -0.3 is 14.2 Å². The predicted octanol–water partition coefficient (Wildman–Crippen LogP) is 18.3. The van der Waals surface area contributed by atoms with Crippen LogP contribution in [0.25, 0.3) is 0 Å². The Morgan fingerprint density at radius 3 is 0.825 bits per heavy atom. The van der Waals surface area contributed by atoms with Gasteiger partial charge in [0.25, 0.3) is 0 Å². The molecule has 0 fully saturated rings. The molecule has 0 N–H and O–H groups in total. The van der Waals surface area contributed by atoms with E-state index in [1.165, 1.54) is 193 Å². The summed E-state index contributed by atoms with van der Waals surface area (Å²) in [5.74, 6) is 1.66. The Hall–Kier alpha value is -1.59. The molecule has 0 saturated heterocycles. The van der Waals surface area contributed by atoms with Crippen LogP contribution in [0.5, 0.6) is 0 Å². The fourth-order valence-corrected chi connectivity index (χ4v) is 8.61. The molecule has 1 unspecified atom stereocenters. The Morgan fingerprint density at radius 1 is 0.317 bits per heavy atom. The molecule has 6 nitrogen and oxygen atoms in total. The number of ether oxygens (including phenoxy) is 3. The highest BCUT2D eigenvalue weighted by Gasteiger charge is 2.19. The molecule has 0 aromatic heterocycles. The second kappa shape index (κ2) is 48.3. The third kappa shape index (κ3) is 49.7. The lowest BCUT2D eigenvalue weighted by Gasteiger charge is -2.18. The predicted molar refractivity (Wildman–Crippen MR) is 270 cm³/mol. The van der Waals surface area contributed by atoms with Crippen LogP contribution in [0.4, 0.5) is 0 Å². The van der Waals surface area contributed by atoms with Crippen molar-refractivity contribution in [2.24, 2.45) is 17.8 Å². The van der Waals surface area contributed by atoms with Gasteiger partial charge in [-0.15, -0.1) is 0 Å². The standard InChI is InChI=1S/C57H110O6/c1-7-53(6)45-39-33-27-20-16-14-12-10-8-9-11-13-15-17-21-30-36-42-48-57(60)63-54(50-62-56(59)47-41-35-29-24-23-26-32-38-44-52(4)5)49-61-55(58)46-40-34-28-22-18-19-25-31-37-43-51(2)3/h51-54H,7-50H2,1-6H3/t53?,54-/m0/s1. The lowest BCUT2D eigenvalue weighted by molar-refractivity contribution is -0.167. The van der Waals surface area contributed by atoms with Gasteiger partial charge in [-0.1, -0.05) is 273 Å². The van der Waals surface area contributed by atoms with Crippen molar-refractivity contribution in [2.75, 3.05) is 13.2 Å². The molecule has 0 aliphatic heterocycles. The zero-order valence-corrected chi connectivity index (χ0v) is 43.4. The summed E-state index contributed by atoms with van der Waals surface area (Å²) < 4.78 is 16.8. The van der Waals surface area contributed by atoms with Crippen molar-refractivity contribution >= 4 is 17.9 Å². The molecular weight excluding hydrogens is 781 g/mol. The number of esters is 3.